The van der Waals surface area contributed by atoms with Crippen molar-refractivity contribution in [2.75, 3.05) is 0 Å². The van der Waals surface area contributed by atoms with Gasteiger partial charge in [0.05, 0.1) is 0 Å². The Labute approximate surface area is 79.3 Å². The minimum Gasteiger partial charge on any atom is -0.480 e. The van der Waals surface area contributed by atoms with Crippen molar-refractivity contribution in [3.63, 3.8) is 0 Å². The molecule has 1 saturated carbocycles. The zero-order valence-corrected chi connectivity index (χ0v) is 8.42. The Bertz CT molecular complexity index is 193. The molecule has 0 aromatic rings. The van der Waals surface area contributed by atoms with E-state index in [4.69, 9.17) is 10.8 Å². The lowest BCUT2D eigenvalue weighted by Gasteiger charge is -2.35. The fourth-order valence-corrected chi connectivity index (χ4v) is 2.04. The molecule has 3 nitrogen and oxygen atoms in total. The van der Waals surface area contributed by atoms with Crippen molar-refractivity contribution in [1.29, 1.82) is 0 Å². The molecule has 0 unspecified atom stereocenters. The third-order valence-corrected chi connectivity index (χ3v) is 3.29. The van der Waals surface area contributed by atoms with Crippen LogP contribution in [0, 0.1) is 11.8 Å². The Balaban J connectivity index is 2.51. The van der Waals surface area contributed by atoms with Crippen molar-refractivity contribution in [2.45, 2.75) is 45.1 Å². The zero-order valence-electron chi connectivity index (χ0n) is 8.42. The van der Waals surface area contributed by atoms with Crippen LogP contribution in [0.15, 0.2) is 0 Å². The molecule has 0 radical (unpaired) electrons. The van der Waals surface area contributed by atoms with Crippen molar-refractivity contribution in [1.82, 2.24) is 0 Å². The van der Waals surface area contributed by atoms with E-state index >= 15 is 0 Å². The van der Waals surface area contributed by atoms with Crippen LogP contribution in [0.5, 0.6) is 0 Å². The molecule has 0 heterocycles. The van der Waals surface area contributed by atoms with Gasteiger partial charge in [-0.3, -0.25) is 4.79 Å². The molecule has 3 heteroatoms. The second kappa shape index (κ2) is 3.66. The third-order valence-electron chi connectivity index (χ3n) is 3.29. The van der Waals surface area contributed by atoms with Gasteiger partial charge in [-0.25, -0.2) is 0 Å². The number of carbonyl (C=O) groups is 1. The summed E-state index contributed by atoms with van der Waals surface area (Å²) in [5, 5.41) is 8.90. The van der Waals surface area contributed by atoms with E-state index in [1.54, 1.807) is 0 Å². The summed E-state index contributed by atoms with van der Waals surface area (Å²) in [6.45, 7) is 4.38. The lowest BCUT2D eigenvalue weighted by Crippen LogP contribution is -2.50. The van der Waals surface area contributed by atoms with Gasteiger partial charge >= 0.3 is 5.97 Å². The molecule has 0 bridgehead atoms. The fourth-order valence-electron chi connectivity index (χ4n) is 2.04. The van der Waals surface area contributed by atoms with Crippen molar-refractivity contribution in [2.24, 2.45) is 17.6 Å². The van der Waals surface area contributed by atoms with E-state index in [2.05, 4.69) is 13.8 Å². The minimum absolute atomic E-state index is 0.630. The van der Waals surface area contributed by atoms with Crippen LogP contribution in [0.3, 0.4) is 0 Å². The first kappa shape index (κ1) is 10.5. The Morgan fingerprint density at radius 1 is 1.46 bits per heavy atom. The van der Waals surface area contributed by atoms with Crippen LogP contribution < -0.4 is 5.73 Å². The molecule has 0 amide bonds. The molecule has 0 saturated heterocycles. The monoisotopic (exact) mass is 185 g/mol. The van der Waals surface area contributed by atoms with Gasteiger partial charge < -0.3 is 10.8 Å². The molecule has 0 aromatic carbocycles. The second-order valence-corrected chi connectivity index (χ2v) is 4.54. The fraction of sp³-hybridized carbons (Fsp3) is 0.900. The summed E-state index contributed by atoms with van der Waals surface area (Å²) in [7, 11) is 0. The Morgan fingerprint density at radius 2 is 1.92 bits per heavy atom. The van der Waals surface area contributed by atoms with Gasteiger partial charge in [0, 0.05) is 0 Å². The molecule has 1 fully saturated rings. The van der Waals surface area contributed by atoms with Gasteiger partial charge in [-0.05, 0) is 37.5 Å². The molecule has 3 N–H and O–H groups in total. The van der Waals surface area contributed by atoms with Crippen molar-refractivity contribution < 1.29 is 9.90 Å². The Hall–Kier alpha value is -0.570. The summed E-state index contributed by atoms with van der Waals surface area (Å²) in [5.74, 6) is 0.476. The molecule has 0 atom stereocenters. The number of carboxylic acids is 1. The average molecular weight is 185 g/mol. The van der Waals surface area contributed by atoms with E-state index < -0.39 is 11.5 Å². The van der Waals surface area contributed by atoms with Gasteiger partial charge in [-0.2, -0.15) is 0 Å². The highest BCUT2D eigenvalue weighted by molar-refractivity contribution is 5.78. The standard InChI is InChI=1S/C10H19NO2/c1-7(2)8-3-5-10(11,6-4-8)9(12)13/h7-8H,3-6,11H2,1-2H3,(H,12,13). The summed E-state index contributed by atoms with van der Waals surface area (Å²) in [4.78, 5) is 10.8. The Kier molecular flexibility index (Phi) is 2.96. The summed E-state index contributed by atoms with van der Waals surface area (Å²) >= 11 is 0. The molecule has 76 valence electrons. The zero-order chi connectivity index (χ0) is 10.1. The van der Waals surface area contributed by atoms with Crippen LogP contribution in [0.4, 0.5) is 0 Å². The molecule has 1 aliphatic rings. The van der Waals surface area contributed by atoms with Crippen LogP contribution in [0.25, 0.3) is 0 Å². The minimum atomic E-state index is -0.939. The summed E-state index contributed by atoms with van der Waals surface area (Å²) in [6.07, 6.45) is 3.18. The highest BCUT2D eigenvalue weighted by Gasteiger charge is 2.38. The number of aliphatic carboxylic acids is 1. The molecule has 0 aliphatic heterocycles. The first-order valence-electron chi connectivity index (χ1n) is 4.98. The van der Waals surface area contributed by atoms with E-state index in [0.29, 0.717) is 24.7 Å². The van der Waals surface area contributed by atoms with Gasteiger partial charge in [-0.1, -0.05) is 13.8 Å². The highest BCUT2D eigenvalue weighted by atomic mass is 16.4. The number of carboxylic acid groups (broad SMARTS) is 1. The maximum absolute atomic E-state index is 10.8. The van der Waals surface area contributed by atoms with E-state index in [-0.39, 0.29) is 0 Å². The van der Waals surface area contributed by atoms with Crippen LogP contribution in [0.1, 0.15) is 39.5 Å². The van der Waals surface area contributed by atoms with Gasteiger partial charge in [0.1, 0.15) is 5.54 Å². The molecule has 13 heavy (non-hydrogen) atoms. The molecular weight excluding hydrogens is 166 g/mol. The number of hydrogen-bond donors (Lipinski definition) is 2. The van der Waals surface area contributed by atoms with Gasteiger partial charge in [0.2, 0.25) is 0 Å². The highest BCUT2D eigenvalue weighted by Crippen LogP contribution is 2.34. The number of rotatable bonds is 2. The predicted octanol–water partition coefficient (Wildman–Crippen LogP) is 1.61. The molecule has 1 rings (SSSR count). The summed E-state index contributed by atoms with van der Waals surface area (Å²) in [5.41, 5.74) is 4.83. The summed E-state index contributed by atoms with van der Waals surface area (Å²) < 4.78 is 0. The molecule has 1 aliphatic carbocycles. The number of nitrogens with two attached hydrogens (primary N) is 1. The molecule has 0 spiro atoms. The van der Waals surface area contributed by atoms with Crippen LogP contribution in [-0.4, -0.2) is 16.6 Å². The average Bonchev–Trinajstić information content (AvgIpc) is 2.04. The number of hydrogen-bond acceptors (Lipinski definition) is 2. The van der Waals surface area contributed by atoms with Gasteiger partial charge in [0.25, 0.3) is 0 Å². The van der Waals surface area contributed by atoms with Crippen LogP contribution in [0.2, 0.25) is 0 Å². The van der Waals surface area contributed by atoms with E-state index in [1.165, 1.54) is 0 Å². The van der Waals surface area contributed by atoms with Gasteiger partial charge in [-0.15, -0.1) is 0 Å². The summed E-state index contributed by atoms with van der Waals surface area (Å²) in [6, 6.07) is 0. The first-order chi connectivity index (χ1) is 5.96. The van der Waals surface area contributed by atoms with Crippen LogP contribution in [-0.2, 0) is 4.79 Å². The van der Waals surface area contributed by atoms with Crippen molar-refractivity contribution in [3.8, 4) is 0 Å². The quantitative estimate of drug-likeness (QED) is 0.687. The lowest BCUT2D eigenvalue weighted by atomic mass is 9.73. The normalized spacial score (nSPS) is 34.9. The predicted molar refractivity (Wildman–Crippen MR) is 51.4 cm³/mol. The molecular formula is C10H19NO2. The Morgan fingerprint density at radius 3 is 2.23 bits per heavy atom. The third kappa shape index (κ3) is 2.21. The van der Waals surface area contributed by atoms with E-state index in [9.17, 15) is 4.79 Å². The second-order valence-electron chi connectivity index (χ2n) is 4.54. The molecule has 0 aromatic heterocycles. The van der Waals surface area contributed by atoms with E-state index in [1.807, 2.05) is 0 Å². The smallest absolute Gasteiger partial charge is 0.323 e. The van der Waals surface area contributed by atoms with Gasteiger partial charge in [0.15, 0.2) is 0 Å². The lowest BCUT2D eigenvalue weighted by molar-refractivity contribution is -0.145. The van der Waals surface area contributed by atoms with E-state index in [0.717, 1.165) is 12.8 Å². The van der Waals surface area contributed by atoms with Crippen molar-refractivity contribution in [3.05, 3.63) is 0 Å². The van der Waals surface area contributed by atoms with Crippen LogP contribution >= 0.6 is 0 Å². The SMILES string of the molecule is CC(C)C1CCC(N)(C(=O)O)CC1. The maximum atomic E-state index is 10.8. The maximum Gasteiger partial charge on any atom is 0.323 e. The largest absolute Gasteiger partial charge is 0.480 e. The van der Waals surface area contributed by atoms with Crippen molar-refractivity contribution >= 4 is 5.97 Å². The topological polar surface area (TPSA) is 63.3 Å². The first-order valence-corrected chi connectivity index (χ1v) is 4.98.